The Morgan fingerprint density at radius 1 is 0.956 bits per heavy atom. The number of hydrogen-bond acceptors (Lipinski definition) is 13. The summed E-state index contributed by atoms with van der Waals surface area (Å²) >= 11 is 0. The number of aliphatic hydroxyl groups excluding tert-OH is 4. The highest BCUT2D eigenvalue weighted by Crippen LogP contribution is 2.26. The minimum absolute atomic E-state index is 0. The molecule has 2 rings (SSSR count). The predicted molar refractivity (Wildman–Crippen MR) is 160 cm³/mol. The van der Waals surface area contributed by atoms with Crippen molar-refractivity contribution in [1.29, 1.82) is 0 Å². The normalized spacial score (nSPS) is 25.0. The van der Waals surface area contributed by atoms with E-state index in [1.165, 1.54) is 33.1 Å². The molecule has 2 unspecified atom stereocenters. The number of azide groups is 1. The van der Waals surface area contributed by atoms with Crippen molar-refractivity contribution in [3.63, 3.8) is 0 Å². The smallest absolute Gasteiger partial charge is 0.333 e. The first kappa shape index (κ1) is 43.5. The Kier molecular flexibility index (Phi) is 21.3. The number of aliphatic hydroxyl groups is 4. The Morgan fingerprint density at radius 3 is 1.84 bits per heavy atom. The number of ether oxygens (including phenoxy) is 3. The van der Waals surface area contributed by atoms with Crippen molar-refractivity contribution < 1.29 is 58.9 Å². The van der Waals surface area contributed by atoms with Crippen molar-refractivity contribution in [2.75, 3.05) is 33.5 Å². The number of rotatable bonds is 13. The summed E-state index contributed by atoms with van der Waals surface area (Å²) in [6.45, 7) is 1.25. The van der Waals surface area contributed by atoms with E-state index in [4.69, 9.17) is 36.1 Å². The van der Waals surface area contributed by atoms with E-state index in [0.29, 0.717) is 0 Å². The highest BCUT2D eigenvalue weighted by atomic mass is 16.5. The molecule has 0 bridgehead atoms. The summed E-state index contributed by atoms with van der Waals surface area (Å²) in [5.74, 6) is -2.37. The first-order valence-electron chi connectivity index (χ1n) is 13.2. The van der Waals surface area contributed by atoms with Gasteiger partial charge < -0.3 is 56.1 Å². The fraction of sp³-hybridized carbons (Fsp3) is 0.704. The molecule has 45 heavy (non-hydrogen) atoms. The van der Waals surface area contributed by atoms with E-state index in [-0.39, 0.29) is 63.9 Å². The molecular weight excluding hydrogens is 600 g/mol. The number of nitrogens with one attached hydrogen (secondary N) is 2. The third-order valence-electron chi connectivity index (χ3n) is 6.24. The first-order chi connectivity index (χ1) is 20.3. The van der Waals surface area contributed by atoms with Gasteiger partial charge in [0, 0.05) is 35.9 Å². The number of carbonyl (C=O) groups is 4. The summed E-state index contributed by atoms with van der Waals surface area (Å²) in [6, 6.07) is -2.64. The quantitative estimate of drug-likeness (QED) is 0.0497. The third-order valence-corrected chi connectivity index (χ3v) is 6.24. The second-order valence-electron chi connectivity index (χ2n) is 9.75. The molecule has 8 atom stereocenters. The lowest BCUT2D eigenvalue weighted by Gasteiger charge is -2.34. The fourth-order valence-electron chi connectivity index (χ4n) is 4.25. The molecule has 0 aromatic carbocycles. The largest absolute Gasteiger partial charge is 0.478 e. The maximum Gasteiger partial charge on any atom is 0.333 e. The van der Waals surface area contributed by atoms with Crippen LogP contribution in [0.4, 0.5) is 0 Å². The van der Waals surface area contributed by atoms with Gasteiger partial charge in [-0.05, 0) is 30.5 Å². The standard InChI is InChI=1S/C13H20N4O6.C12H20N2O6.2CH4/c1-7(19)15-12-10(16-17-14)3-8(13(21)22-2)4-11(12)23-6-9(20)5-18;1-6(16)14-11-9(13)2-7(12(18)19)3-10(11)20-5-8(17)4-15;;/h4,9-12,18,20H,3,5-6H2,1-2H3,(H,15,19);3,8-11,15,17H,2,4-5,13H2,1H3,(H,14,16)(H,18,19);2*1H4/t9?,10-,11+,12+;8?,9-,10+,11+;;/m00../s1. The summed E-state index contributed by atoms with van der Waals surface area (Å²) in [7, 11) is 1.22. The second kappa shape index (κ2) is 22.0. The van der Waals surface area contributed by atoms with E-state index >= 15 is 0 Å². The van der Waals surface area contributed by atoms with Gasteiger partial charge in [-0.1, -0.05) is 20.0 Å². The molecule has 0 heterocycles. The van der Waals surface area contributed by atoms with Crippen LogP contribution >= 0.6 is 0 Å². The van der Waals surface area contributed by atoms with Crippen molar-refractivity contribution >= 4 is 23.8 Å². The highest BCUT2D eigenvalue weighted by Gasteiger charge is 2.37. The number of carboxylic acid groups (broad SMARTS) is 1. The molecule has 2 amide bonds. The van der Waals surface area contributed by atoms with Gasteiger partial charge in [0.2, 0.25) is 11.8 Å². The molecule has 0 saturated carbocycles. The lowest BCUT2D eigenvalue weighted by Crippen LogP contribution is -2.56. The number of carbonyl (C=O) groups excluding carboxylic acids is 3. The van der Waals surface area contributed by atoms with Gasteiger partial charge >= 0.3 is 11.9 Å². The van der Waals surface area contributed by atoms with Crippen LogP contribution in [-0.2, 0) is 33.4 Å². The molecule has 18 nitrogen and oxygen atoms in total. The molecule has 258 valence electrons. The molecule has 2 aliphatic rings. The van der Waals surface area contributed by atoms with E-state index in [1.807, 2.05) is 0 Å². The van der Waals surface area contributed by atoms with E-state index in [2.05, 4.69) is 25.4 Å². The van der Waals surface area contributed by atoms with Gasteiger partial charge in [-0.25, -0.2) is 9.59 Å². The number of amides is 2. The fourth-order valence-corrected chi connectivity index (χ4v) is 4.25. The minimum Gasteiger partial charge on any atom is -0.478 e. The van der Waals surface area contributed by atoms with E-state index in [0.717, 1.165) is 0 Å². The van der Waals surface area contributed by atoms with E-state index in [1.54, 1.807) is 0 Å². The molecule has 2 aliphatic carbocycles. The van der Waals surface area contributed by atoms with Crippen LogP contribution in [0.15, 0.2) is 28.4 Å². The zero-order valence-corrected chi connectivity index (χ0v) is 24.0. The van der Waals surface area contributed by atoms with Crippen LogP contribution in [0.25, 0.3) is 10.4 Å². The van der Waals surface area contributed by atoms with E-state index < -0.39 is 73.7 Å². The number of hydrogen-bond donors (Lipinski definition) is 8. The molecule has 0 fully saturated rings. The van der Waals surface area contributed by atoms with Gasteiger partial charge in [-0.3, -0.25) is 9.59 Å². The van der Waals surface area contributed by atoms with Crippen LogP contribution in [0.5, 0.6) is 0 Å². The molecule has 0 aromatic heterocycles. The van der Waals surface area contributed by atoms with Crippen molar-refractivity contribution in [3.8, 4) is 0 Å². The molecule has 0 spiro atoms. The van der Waals surface area contributed by atoms with Crippen LogP contribution < -0.4 is 16.4 Å². The summed E-state index contributed by atoms with van der Waals surface area (Å²) in [4.78, 5) is 48.0. The van der Waals surface area contributed by atoms with Crippen molar-refractivity contribution in [1.82, 2.24) is 10.6 Å². The Hall–Kier alpha value is -3.61. The van der Waals surface area contributed by atoms with Gasteiger partial charge in [0.1, 0.15) is 12.2 Å². The Balaban J connectivity index is 0. The van der Waals surface area contributed by atoms with Crippen molar-refractivity contribution in [3.05, 3.63) is 33.7 Å². The average Bonchev–Trinajstić information content (AvgIpc) is 2.96. The van der Waals surface area contributed by atoms with Gasteiger partial charge in [0.25, 0.3) is 0 Å². The van der Waals surface area contributed by atoms with Crippen LogP contribution in [0, 0.1) is 0 Å². The number of esters is 1. The Morgan fingerprint density at radius 2 is 1.42 bits per heavy atom. The molecular formula is C27H48N6O12. The lowest BCUT2D eigenvalue weighted by molar-refractivity contribution is -0.137. The molecule has 0 aromatic rings. The molecule has 9 N–H and O–H groups in total. The van der Waals surface area contributed by atoms with Gasteiger partial charge in [0.05, 0.1) is 63.9 Å². The maximum absolute atomic E-state index is 11.7. The maximum atomic E-state index is 11.7. The number of nitrogens with zero attached hydrogens (tertiary/aromatic N) is 3. The number of nitrogens with two attached hydrogens (primary N) is 1. The van der Waals surface area contributed by atoms with E-state index in [9.17, 15) is 29.4 Å². The summed E-state index contributed by atoms with van der Waals surface area (Å²) in [5.41, 5.74) is 14.9. The monoisotopic (exact) mass is 648 g/mol. The van der Waals surface area contributed by atoms with Gasteiger partial charge in [-0.15, -0.1) is 0 Å². The molecule has 18 heteroatoms. The number of aliphatic carboxylic acids is 1. The third kappa shape index (κ3) is 14.8. The highest BCUT2D eigenvalue weighted by molar-refractivity contribution is 5.89. The molecule has 0 radical (unpaired) electrons. The topological polar surface area (TPSA) is 296 Å². The van der Waals surface area contributed by atoms with Crippen LogP contribution in [-0.4, -0.2) is 131 Å². The van der Waals surface area contributed by atoms with Crippen LogP contribution in [0.2, 0.25) is 0 Å². The molecule has 0 aliphatic heterocycles. The van der Waals surface area contributed by atoms with Crippen LogP contribution in [0.1, 0.15) is 41.5 Å². The molecule has 0 saturated heterocycles. The lowest BCUT2D eigenvalue weighted by atomic mass is 9.88. The summed E-state index contributed by atoms with van der Waals surface area (Å²) in [6.07, 6.45) is -0.743. The Bertz CT molecular complexity index is 1080. The van der Waals surface area contributed by atoms with Crippen molar-refractivity contribution in [2.24, 2.45) is 10.8 Å². The second-order valence-corrected chi connectivity index (χ2v) is 9.75. The van der Waals surface area contributed by atoms with Gasteiger partial charge in [0.15, 0.2) is 0 Å². The number of carboxylic acids is 1. The van der Waals surface area contributed by atoms with Crippen LogP contribution in [0.3, 0.4) is 0 Å². The first-order valence-corrected chi connectivity index (χ1v) is 13.2. The predicted octanol–water partition coefficient (Wildman–Crippen LogP) is -1.34. The summed E-state index contributed by atoms with van der Waals surface area (Å²) in [5, 5.41) is 54.1. The zero-order valence-electron chi connectivity index (χ0n) is 24.0. The van der Waals surface area contributed by atoms with Gasteiger partial charge in [-0.2, -0.15) is 0 Å². The number of methoxy groups -OCH3 is 1. The Labute approximate surface area is 261 Å². The SMILES string of the molecule is C.C.CC(=O)N[C@@H]1[C@@H](N)CC(C(=O)O)=C[C@H]1OCC(O)CO.COC(=O)C1=C[C@@H](OCC(O)CO)[C@H](NC(C)=O)[C@@H](N=[N+]=[N-])C1. The zero-order chi connectivity index (χ0) is 32.7. The minimum atomic E-state index is -1.11. The average molecular weight is 649 g/mol. The van der Waals surface area contributed by atoms with Crippen molar-refractivity contribution in [2.45, 2.75) is 90.1 Å². The summed E-state index contributed by atoms with van der Waals surface area (Å²) < 4.78 is 15.5.